The number of para-hydroxylation sites is 1. The van der Waals surface area contributed by atoms with E-state index in [-0.39, 0.29) is 0 Å². The molecule has 0 amide bonds. The maximum absolute atomic E-state index is 10.5. The van der Waals surface area contributed by atoms with E-state index >= 15 is 0 Å². The molecule has 4 aromatic rings. The predicted octanol–water partition coefficient (Wildman–Crippen LogP) is 2.67. The smallest absolute Gasteiger partial charge is 0.168 e. The van der Waals surface area contributed by atoms with E-state index in [1.54, 1.807) is 6.33 Å². The normalized spacial score (nSPS) is 16.1. The van der Waals surface area contributed by atoms with Gasteiger partial charge in [-0.3, -0.25) is 4.90 Å². The lowest BCUT2D eigenvalue weighted by Gasteiger charge is -2.36. The number of hydrogen-bond donors (Lipinski definition) is 1. The maximum Gasteiger partial charge on any atom is 0.168 e. The minimum absolute atomic E-state index is 0.465. The molecule has 5 rings (SSSR count). The summed E-state index contributed by atoms with van der Waals surface area (Å²) in [4.78, 5) is 13.6. The Morgan fingerprint density at radius 2 is 1.57 bits per heavy atom. The van der Waals surface area contributed by atoms with Gasteiger partial charge in [-0.1, -0.05) is 48.5 Å². The average molecular weight is 400 g/mol. The first-order valence-electron chi connectivity index (χ1n) is 10.2. The van der Waals surface area contributed by atoms with E-state index in [0.29, 0.717) is 6.54 Å². The van der Waals surface area contributed by atoms with Crippen LogP contribution in [-0.4, -0.2) is 62.5 Å². The van der Waals surface area contributed by atoms with E-state index in [4.69, 9.17) is 0 Å². The molecule has 1 atom stereocenters. The zero-order valence-corrected chi connectivity index (χ0v) is 16.7. The van der Waals surface area contributed by atoms with Crippen LogP contribution in [0.25, 0.3) is 16.7 Å². The average Bonchev–Trinajstić information content (AvgIpc) is 3.25. The molecule has 1 fully saturated rings. The highest BCUT2D eigenvalue weighted by Crippen LogP contribution is 2.26. The van der Waals surface area contributed by atoms with Crippen molar-refractivity contribution in [1.82, 2.24) is 24.6 Å². The summed E-state index contributed by atoms with van der Waals surface area (Å²) >= 11 is 0. The van der Waals surface area contributed by atoms with Crippen molar-refractivity contribution < 1.29 is 5.11 Å². The molecule has 152 valence electrons. The number of aromatic nitrogens is 4. The summed E-state index contributed by atoms with van der Waals surface area (Å²) in [5, 5.41) is 16.0. The van der Waals surface area contributed by atoms with Gasteiger partial charge in [-0.25, -0.2) is 14.6 Å². The van der Waals surface area contributed by atoms with E-state index in [1.807, 2.05) is 71.5 Å². The molecule has 0 radical (unpaired) electrons. The van der Waals surface area contributed by atoms with E-state index < -0.39 is 6.10 Å². The van der Waals surface area contributed by atoms with Crippen molar-refractivity contribution in [2.45, 2.75) is 6.10 Å². The minimum Gasteiger partial charge on any atom is -0.387 e. The summed E-state index contributed by atoms with van der Waals surface area (Å²) in [5.41, 5.74) is 2.76. The van der Waals surface area contributed by atoms with Crippen molar-refractivity contribution in [3.8, 4) is 5.69 Å². The molecule has 0 bridgehead atoms. The molecule has 7 nitrogen and oxygen atoms in total. The van der Waals surface area contributed by atoms with Crippen LogP contribution in [0.3, 0.4) is 0 Å². The van der Waals surface area contributed by atoms with Crippen LogP contribution in [0.1, 0.15) is 11.7 Å². The summed E-state index contributed by atoms with van der Waals surface area (Å²) in [5.74, 6) is 0.922. The molecule has 1 aliphatic rings. The van der Waals surface area contributed by atoms with Crippen LogP contribution in [0.2, 0.25) is 0 Å². The highest BCUT2D eigenvalue weighted by Gasteiger charge is 2.23. The quantitative estimate of drug-likeness (QED) is 0.555. The fourth-order valence-corrected chi connectivity index (χ4v) is 4.01. The number of aliphatic hydroxyl groups is 1. The first-order valence-corrected chi connectivity index (χ1v) is 10.2. The van der Waals surface area contributed by atoms with Crippen LogP contribution >= 0.6 is 0 Å². The third kappa shape index (κ3) is 3.65. The molecule has 0 aliphatic carbocycles. The lowest BCUT2D eigenvalue weighted by Crippen LogP contribution is -2.47. The number of hydrogen-bond acceptors (Lipinski definition) is 6. The van der Waals surface area contributed by atoms with Gasteiger partial charge >= 0.3 is 0 Å². The van der Waals surface area contributed by atoms with Gasteiger partial charge < -0.3 is 10.0 Å². The van der Waals surface area contributed by atoms with Gasteiger partial charge in [-0.05, 0) is 17.7 Å². The van der Waals surface area contributed by atoms with Crippen LogP contribution in [0, 0.1) is 0 Å². The fraction of sp³-hybridized carbons (Fsp3) is 0.261. The van der Waals surface area contributed by atoms with Crippen molar-refractivity contribution in [3.05, 3.63) is 78.8 Å². The second kappa shape index (κ2) is 8.22. The molecule has 1 aliphatic heterocycles. The second-order valence-electron chi connectivity index (χ2n) is 7.54. The SMILES string of the molecule is OC(CN1CCN(c2ncnc3c2cnn3-c2ccccc2)CC1)c1ccccc1. The van der Waals surface area contributed by atoms with Crippen molar-refractivity contribution in [2.24, 2.45) is 0 Å². The molecule has 1 N–H and O–H groups in total. The molecule has 3 heterocycles. The molecule has 2 aromatic heterocycles. The number of fused-ring (bicyclic) bond motifs is 1. The van der Waals surface area contributed by atoms with Gasteiger partial charge in [0.05, 0.1) is 23.4 Å². The van der Waals surface area contributed by atoms with Crippen molar-refractivity contribution in [1.29, 1.82) is 0 Å². The molecule has 1 unspecified atom stereocenters. The van der Waals surface area contributed by atoms with Crippen molar-refractivity contribution >= 4 is 16.9 Å². The van der Waals surface area contributed by atoms with Crippen LogP contribution < -0.4 is 4.90 Å². The van der Waals surface area contributed by atoms with E-state index in [9.17, 15) is 5.11 Å². The van der Waals surface area contributed by atoms with Gasteiger partial charge in [0.1, 0.15) is 12.1 Å². The van der Waals surface area contributed by atoms with Gasteiger partial charge in [-0.2, -0.15) is 5.10 Å². The number of benzene rings is 2. The van der Waals surface area contributed by atoms with Gasteiger partial charge in [0.25, 0.3) is 0 Å². The molecular weight excluding hydrogens is 376 g/mol. The number of β-amino-alcohol motifs (C(OH)–C–C–N with tert-alkyl or cyclic N) is 1. The third-order valence-electron chi connectivity index (χ3n) is 5.63. The fourth-order valence-electron chi connectivity index (χ4n) is 4.01. The first kappa shape index (κ1) is 18.7. The Bertz CT molecular complexity index is 1110. The zero-order valence-electron chi connectivity index (χ0n) is 16.7. The van der Waals surface area contributed by atoms with E-state index in [2.05, 4.69) is 24.9 Å². The minimum atomic E-state index is -0.465. The molecule has 30 heavy (non-hydrogen) atoms. The van der Waals surface area contributed by atoms with Gasteiger partial charge in [0.2, 0.25) is 0 Å². The number of anilines is 1. The predicted molar refractivity (Wildman–Crippen MR) is 117 cm³/mol. The Labute approximate surface area is 175 Å². The van der Waals surface area contributed by atoms with Gasteiger partial charge in [0, 0.05) is 32.7 Å². The number of rotatable bonds is 5. The Balaban J connectivity index is 1.30. The highest BCUT2D eigenvalue weighted by atomic mass is 16.3. The van der Waals surface area contributed by atoms with Crippen molar-refractivity contribution in [3.63, 3.8) is 0 Å². The molecular formula is C23H24N6O. The van der Waals surface area contributed by atoms with Gasteiger partial charge in [0.15, 0.2) is 5.65 Å². The summed E-state index contributed by atoms with van der Waals surface area (Å²) in [6, 6.07) is 19.9. The van der Waals surface area contributed by atoms with Crippen LogP contribution in [-0.2, 0) is 0 Å². The van der Waals surface area contributed by atoms with Gasteiger partial charge in [-0.15, -0.1) is 0 Å². The second-order valence-corrected chi connectivity index (χ2v) is 7.54. The molecule has 7 heteroatoms. The summed E-state index contributed by atoms with van der Waals surface area (Å²) in [6.45, 7) is 4.10. The summed E-state index contributed by atoms with van der Waals surface area (Å²) in [6.07, 6.45) is 3.00. The Kier molecular flexibility index (Phi) is 5.13. The highest BCUT2D eigenvalue weighted by molar-refractivity contribution is 5.87. The largest absolute Gasteiger partial charge is 0.387 e. The number of nitrogens with zero attached hydrogens (tertiary/aromatic N) is 6. The monoisotopic (exact) mass is 400 g/mol. The molecule has 0 saturated carbocycles. The molecule has 0 spiro atoms. The van der Waals surface area contributed by atoms with Crippen LogP contribution in [0.5, 0.6) is 0 Å². The van der Waals surface area contributed by atoms with Crippen molar-refractivity contribution in [2.75, 3.05) is 37.6 Å². The maximum atomic E-state index is 10.5. The van der Waals surface area contributed by atoms with Crippen LogP contribution in [0.15, 0.2) is 73.2 Å². The topological polar surface area (TPSA) is 70.3 Å². The number of aliphatic hydroxyl groups excluding tert-OH is 1. The Hall–Kier alpha value is -3.29. The summed E-state index contributed by atoms with van der Waals surface area (Å²) < 4.78 is 1.85. The standard InChI is InChI=1S/C23H24N6O/c30-21(18-7-3-1-4-8-18)16-27-11-13-28(14-12-27)22-20-15-26-29(23(20)25-17-24-22)19-9-5-2-6-10-19/h1-10,15,17,21,30H,11-14,16H2. The molecule has 1 saturated heterocycles. The van der Waals surface area contributed by atoms with Crippen LogP contribution in [0.4, 0.5) is 5.82 Å². The Morgan fingerprint density at radius 3 is 2.30 bits per heavy atom. The summed E-state index contributed by atoms with van der Waals surface area (Å²) in [7, 11) is 0. The molecule has 2 aromatic carbocycles. The first-order chi connectivity index (χ1) is 14.8. The third-order valence-corrected chi connectivity index (χ3v) is 5.63. The van der Waals surface area contributed by atoms with E-state index in [0.717, 1.165) is 54.3 Å². The van der Waals surface area contributed by atoms with E-state index in [1.165, 1.54) is 0 Å². The zero-order chi connectivity index (χ0) is 20.3. The number of piperazine rings is 1. The lowest BCUT2D eigenvalue weighted by molar-refractivity contribution is 0.109. The Morgan fingerprint density at radius 1 is 0.867 bits per heavy atom. The lowest BCUT2D eigenvalue weighted by atomic mass is 10.1.